The maximum Gasteiger partial charge on any atom is 0.222 e. The summed E-state index contributed by atoms with van der Waals surface area (Å²) in [5.74, 6) is 1.08. The minimum absolute atomic E-state index is 0.208. The Bertz CT molecular complexity index is 276. The minimum atomic E-state index is 0.208. The SMILES string of the molecule is CCOC1CC(CC(=O)N2CCCC(CO)C2)C1. The second kappa shape index (κ2) is 6.53. The van der Waals surface area contributed by atoms with Gasteiger partial charge in [0.2, 0.25) is 5.91 Å². The van der Waals surface area contributed by atoms with Crippen molar-refractivity contribution in [3.05, 3.63) is 0 Å². The Morgan fingerprint density at radius 2 is 2.17 bits per heavy atom. The van der Waals surface area contributed by atoms with Gasteiger partial charge in [0.05, 0.1) is 6.10 Å². The number of hydrogen-bond donors (Lipinski definition) is 1. The molecule has 1 aliphatic heterocycles. The van der Waals surface area contributed by atoms with Crippen molar-refractivity contribution in [2.75, 3.05) is 26.3 Å². The van der Waals surface area contributed by atoms with Crippen molar-refractivity contribution < 1.29 is 14.6 Å². The van der Waals surface area contributed by atoms with Crippen LogP contribution in [0.1, 0.15) is 39.0 Å². The Morgan fingerprint density at radius 3 is 2.83 bits per heavy atom. The van der Waals surface area contributed by atoms with Gasteiger partial charge in [-0.15, -0.1) is 0 Å². The first kappa shape index (κ1) is 13.8. The third-order valence-electron chi connectivity index (χ3n) is 4.19. The van der Waals surface area contributed by atoms with Crippen LogP contribution < -0.4 is 0 Å². The van der Waals surface area contributed by atoms with E-state index in [1.54, 1.807) is 0 Å². The molecule has 1 saturated heterocycles. The third-order valence-corrected chi connectivity index (χ3v) is 4.19. The van der Waals surface area contributed by atoms with E-state index in [0.717, 1.165) is 45.4 Å². The molecular weight excluding hydrogens is 230 g/mol. The fraction of sp³-hybridized carbons (Fsp3) is 0.929. The van der Waals surface area contributed by atoms with Gasteiger partial charge >= 0.3 is 0 Å². The van der Waals surface area contributed by atoms with Gasteiger partial charge in [-0.2, -0.15) is 0 Å². The van der Waals surface area contributed by atoms with Crippen LogP contribution >= 0.6 is 0 Å². The Hall–Kier alpha value is -0.610. The molecule has 0 bridgehead atoms. The summed E-state index contributed by atoms with van der Waals surface area (Å²) in [4.78, 5) is 14.1. The number of ether oxygens (including phenoxy) is 1. The molecule has 2 rings (SSSR count). The van der Waals surface area contributed by atoms with Crippen molar-refractivity contribution in [2.45, 2.75) is 45.1 Å². The van der Waals surface area contributed by atoms with E-state index in [0.29, 0.717) is 24.4 Å². The molecule has 1 heterocycles. The maximum atomic E-state index is 12.1. The van der Waals surface area contributed by atoms with Crippen LogP contribution in [0.2, 0.25) is 0 Å². The summed E-state index contributed by atoms with van der Waals surface area (Å²) in [5.41, 5.74) is 0. The van der Waals surface area contributed by atoms with E-state index in [1.807, 2.05) is 11.8 Å². The standard InChI is InChI=1S/C14H25NO3/c1-2-18-13-6-12(7-13)8-14(17)15-5-3-4-11(9-15)10-16/h11-13,16H,2-10H2,1H3. The molecule has 4 nitrogen and oxygen atoms in total. The van der Waals surface area contributed by atoms with Crippen LogP contribution in [0.15, 0.2) is 0 Å². The van der Waals surface area contributed by atoms with Gasteiger partial charge in [0.15, 0.2) is 0 Å². The highest BCUT2D eigenvalue weighted by Crippen LogP contribution is 2.33. The molecule has 0 radical (unpaired) electrons. The topological polar surface area (TPSA) is 49.8 Å². The van der Waals surface area contributed by atoms with Crippen LogP contribution in [0.5, 0.6) is 0 Å². The summed E-state index contributed by atoms with van der Waals surface area (Å²) in [7, 11) is 0. The van der Waals surface area contributed by atoms with Crippen molar-refractivity contribution in [3.63, 3.8) is 0 Å². The number of aliphatic hydroxyl groups excluding tert-OH is 1. The molecule has 0 spiro atoms. The van der Waals surface area contributed by atoms with Crippen LogP contribution in [-0.4, -0.2) is 48.3 Å². The zero-order chi connectivity index (χ0) is 13.0. The van der Waals surface area contributed by atoms with Gasteiger partial charge in [0, 0.05) is 32.7 Å². The number of piperidine rings is 1. The first-order valence-electron chi connectivity index (χ1n) is 7.23. The lowest BCUT2D eigenvalue weighted by atomic mass is 9.79. The molecule has 1 unspecified atom stereocenters. The van der Waals surface area contributed by atoms with Gasteiger partial charge in [0.25, 0.3) is 0 Å². The van der Waals surface area contributed by atoms with E-state index in [2.05, 4.69) is 0 Å². The predicted molar refractivity (Wildman–Crippen MR) is 69.1 cm³/mol. The number of carbonyl (C=O) groups excluding carboxylic acids is 1. The van der Waals surface area contributed by atoms with Crippen molar-refractivity contribution >= 4 is 5.91 Å². The lowest BCUT2D eigenvalue weighted by Crippen LogP contribution is -2.43. The number of carbonyl (C=O) groups is 1. The largest absolute Gasteiger partial charge is 0.396 e. The highest BCUT2D eigenvalue weighted by Gasteiger charge is 2.33. The zero-order valence-electron chi connectivity index (χ0n) is 11.3. The smallest absolute Gasteiger partial charge is 0.222 e. The molecular formula is C14H25NO3. The summed E-state index contributed by atoms with van der Waals surface area (Å²) in [6.45, 7) is 4.62. The maximum absolute atomic E-state index is 12.1. The molecule has 0 aromatic heterocycles. The fourth-order valence-electron chi connectivity index (χ4n) is 3.03. The van der Waals surface area contributed by atoms with Crippen LogP contribution in [0.3, 0.4) is 0 Å². The third kappa shape index (κ3) is 3.45. The van der Waals surface area contributed by atoms with E-state index in [4.69, 9.17) is 9.84 Å². The first-order valence-corrected chi connectivity index (χ1v) is 7.23. The molecule has 4 heteroatoms. The van der Waals surface area contributed by atoms with Gasteiger partial charge < -0.3 is 14.7 Å². The number of rotatable bonds is 5. The van der Waals surface area contributed by atoms with Gasteiger partial charge in [0.1, 0.15) is 0 Å². The van der Waals surface area contributed by atoms with Gasteiger partial charge in [-0.05, 0) is 44.4 Å². The van der Waals surface area contributed by atoms with Crippen molar-refractivity contribution in [2.24, 2.45) is 11.8 Å². The van der Waals surface area contributed by atoms with E-state index >= 15 is 0 Å². The van der Waals surface area contributed by atoms with Gasteiger partial charge in [-0.1, -0.05) is 0 Å². The normalized spacial score (nSPS) is 32.1. The predicted octanol–water partition coefficient (Wildman–Crippen LogP) is 1.42. The number of likely N-dealkylation sites (tertiary alicyclic amines) is 1. The van der Waals surface area contributed by atoms with Crippen LogP contribution in [0.4, 0.5) is 0 Å². The number of nitrogens with zero attached hydrogens (tertiary/aromatic N) is 1. The monoisotopic (exact) mass is 255 g/mol. The molecule has 1 atom stereocenters. The molecule has 1 N–H and O–H groups in total. The average Bonchev–Trinajstić information content (AvgIpc) is 2.36. The van der Waals surface area contributed by atoms with E-state index in [-0.39, 0.29) is 12.5 Å². The van der Waals surface area contributed by atoms with Crippen LogP contribution in [-0.2, 0) is 9.53 Å². The Labute approximate surface area is 109 Å². The van der Waals surface area contributed by atoms with Gasteiger partial charge in [-0.3, -0.25) is 4.79 Å². The summed E-state index contributed by atoms with van der Waals surface area (Å²) in [5, 5.41) is 9.17. The van der Waals surface area contributed by atoms with E-state index in [9.17, 15) is 4.79 Å². The number of amides is 1. The highest BCUT2D eigenvalue weighted by atomic mass is 16.5. The van der Waals surface area contributed by atoms with Crippen LogP contribution in [0.25, 0.3) is 0 Å². The molecule has 18 heavy (non-hydrogen) atoms. The lowest BCUT2D eigenvalue weighted by Gasteiger charge is -2.37. The quantitative estimate of drug-likeness (QED) is 0.808. The molecule has 2 aliphatic rings. The molecule has 0 aromatic carbocycles. The summed E-state index contributed by atoms with van der Waals surface area (Å²) >= 11 is 0. The van der Waals surface area contributed by atoms with E-state index < -0.39 is 0 Å². The molecule has 104 valence electrons. The average molecular weight is 255 g/mol. The molecule has 0 aromatic rings. The Balaban J connectivity index is 1.69. The van der Waals surface area contributed by atoms with Crippen LogP contribution in [0, 0.1) is 11.8 Å². The van der Waals surface area contributed by atoms with Gasteiger partial charge in [-0.25, -0.2) is 0 Å². The Kier molecular flexibility index (Phi) is 5.01. The Morgan fingerprint density at radius 1 is 1.39 bits per heavy atom. The van der Waals surface area contributed by atoms with Crippen molar-refractivity contribution in [1.82, 2.24) is 4.90 Å². The lowest BCUT2D eigenvalue weighted by molar-refractivity contribution is -0.136. The molecule has 1 aliphatic carbocycles. The molecule has 1 amide bonds. The molecule has 2 fully saturated rings. The van der Waals surface area contributed by atoms with Crippen molar-refractivity contribution in [3.8, 4) is 0 Å². The van der Waals surface area contributed by atoms with Crippen molar-refractivity contribution in [1.29, 1.82) is 0 Å². The second-order valence-electron chi connectivity index (χ2n) is 5.65. The molecule has 1 saturated carbocycles. The highest BCUT2D eigenvalue weighted by molar-refractivity contribution is 5.76. The zero-order valence-corrected chi connectivity index (χ0v) is 11.3. The first-order chi connectivity index (χ1) is 8.72. The summed E-state index contributed by atoms with van der Waals surface area (Å²) in [6.07, 6.45) is 5.22. The number of hydrogen-bond acceptors (Lipinski definition) is 3. The number of aliphatic hydroxyl groups is 1. The second-order valence-corrected chi connectivity index (χ2v) is 5.65. The summed E-state index contributed by atoms with van der Waals surface area (Å²) in [6, 6.07) is 0. The van der Waals surface area contributed by atoms with E-state index in [1.165, 1.54) is 0 Å². The minimum Gasteiger partial charge on any atom is -0.396 e. The fourth-order valence-corrected chi connectivity index (χ4v) is 3.03. The summed E-state index contributed by atoms with van der Waals surface area (Å²) < 4.78 is 5.51.